The van der Waals surface area contributed by atoms with E-state index in [2.05, 4.69) is 0 Å². The Labute approximate surface area is 171 Å². The zero-order valence-electron chi connectivity index (χ0n) is 15.8. The number of fused-ring (bicyclic) bond motifs is 4. The molecule has 1 aromatic heterocycles. The van der Waals surface area contributed by atoms with Crippen molar-refractivity contribution in [1.29, 1.82) is 0 Å². The minimum absolute atomic E-state index is 0.343. The average Bonchev–Trinajstić information content (AvgIpc) is 3.15. The van der Waals surface area contributed by atoms with Crippen molar-refractivity contribution in [2.45, 2.75) is 0 Å². The van der Waals surface area contributed by atoms with E-state index in [0.29, 0.717) is 43.8 Å². The quantitative estimate of drug-likeness (QED) is 0.317. The minimum Gasteiger partial charge on any atom is -0.496 e. The van der Waals surface area contributed by atoms with E-state index in [1.807, 2.05) is 48.5 Å². The van der Waals surface area contributed by atoms with Crippen molar-refractivity contribution in [3.63, 3.8) is 0 Å². The highest BCUT2D eigenvalue weighted by atomic mass is 35.5. The molecule has 4 aromatic carbocycles. The summed E-state index contributed by atoms with van der Waals surface area (Å²) in [4.78, 5) is 0. The van der Waals surface area contributed by atoms with Gasteiger partial charge in [0.25, 0.3) is 0 Å². The van der Waals surface area contributed by atoms with Gasteiger partial charge in [0.1, 0.15) is 22.9 Å². The zero-order valence-corrected chi connectivity index (χ0v) is 16.5. The van der Waals surface area contributed by atoms with Crippen molar-refractivity contribution < 1.29 is 18.3 Å². The molecule has 0 saturated carbocycles. The topological polar surface area (TPSA) is 31.6 Å². The van der Waals surface area contributed by atoms with Crippen molar-refractivity contribution in [2.24, 2.45) is 0 Å². The summed E-state index contributed by atoms with van der Waals surface area (Å²) in [7, 11) is 3.18. The Hall–Kier alpha value is -3.24. The van der Waals surface area contributed by atoms with Crippen molar-refractivity contribution in [3.05, 3.63) is 71.5 Å². The first-order valence-corrected chi connectivity index (χ1v) is 9.44. The van der Waals surface area contributed by atoms with Crippen LogP contribution >= 0.6 is 11.6 Å². The highest BCUT2D eigenvalue weighted by molar-refractivity contribution is 6.36. The van der Waals surface area contributed by atoms with Gasteiger partial charge in [0.15, 0.2) is 5.58 Å². The average molecular weight is 407 g/mol. The van der Waals surface area contributed by atoms with E-state index < -0.39 is 5.82 Å². The first-order valence-electron chi connectivity index (χ1n) is 9.06. The second-order valence-electron chi connectivity index (χ2n) is 6.76. The van der Waals surface area contributed by atoms with Crippen LogP contribution in [0.3, 0.4) is 0 Å². The summed E-state index contributed by atoms with van der Waals surface area (Å²) in [5, 5.41) is 3.20. The third-order valence-corrected chi connectivity index (χ3v) is 5.49. The van der Waals surface area contributed by atoms with Crippen molar-refractivity contribution in [1.82, 2.24) is 0 Å². The van der Waals surface area contributed by atoms with Gasteiger partial charge in [0, 0.05) is 21.9 Å². The van der Waals surface area contributed by atoms with Gasteiger partial charge in [-0.2, -0.15) is 0 Å². The highest BCUT2D eigenvalue weighted by Gasteiger charge is 2.21. The molecule has 0 spiro atoms. The lowest BCUT2D eigenvalue weighted by molar-refractivity contribution is 0.413. The monoisotopic (exact) mass is 406 g/mol. The second-order valence-corrected chi connectivity index (χ2v) is 7.16. The molecule has 144 valence electrons. The summed E-state index contributed by atoms with van der Waals surface area (Å²) >= 11 is 6.50. The third-order valence-electron chi connectivity index (χ3n) is 5.21. The first-order chi connectivity index (χ1) is 14.1. The van der Waals surface area contributed by atoms with Gasteiger partial charge in [-0.05, 0) is 35.7 Å². The molecule has 0 unspecified atom stereocenters. The molecule has 29 heavy (non-hydrogen) atoms. The molecule has 0 fully saturated rings. The maximum atomic E-state index is 15.8. The molecule has 5 rings (SSSR count). The van der Waals surface area contributed by atoms with E-state index in [-0.39, 0.29) is 0 Å². The summed E-state index contributed by atoms with van der Waals surface area (Å²) < 4.78 is 32.6. The molecule has 0 amide bonds. The van der Waals surface area contributed by atoms with Gasteiger partial charge < -0.3 is 13.9 Å². The number of ether oxygens (including phenoxy) is 2. The number of rotatable bonds is 3. The number of benzene rings is 4. The van der Waals surface area contributed by atoms with Crippen molar-refractivity contribution in [3.8, 4) is 22.6 Å². The Kier molecular flexibility index (Phi) is 4.10. The number of methoxy groups -OCH3 is 2. The molecule has 0 aliphatic rings. The molecule has 5 aromatic rings. The summed E-state index contributed by atoms with van der Waals surface area (Å²) in [6, 6.07) is 18.4. The highest BCUT2D eigenvalue weighted by Crippen LogP contribution is 2.44. The van der Waals surface area contributed by atoms with E-state index in [1.54, 1.807) is 26.4 Å². The maximum absolute atomic E-state index is 15.8. The van der Waals surface area contributed by atoms with Crippen LogP contribution in [0.15, 0.2) is 65.1 Å². The van der Waals surface area contributed by atoms with Crippen LogP contribution in [0.2, 0.25) is 5.02 Å². The Balaban J connectivity index is 1.87. The summed E-state index contributed by atoms with van der Waals surface area (Å²) in [5.74, 6) is 0.862. The predicted molar refractivity (Wildman–Crippen MR) is 115 cm³/mol. The molecule has 1 heterocycles. The van der Waals surface area contributed by atoms with Gasteiger partial charge in [0.2, 0.25) is 0 Å². The van der Waals surface area contributed by atoms with Gasteiger partial charge in [-0.1, -0.05) is 41.9 Å². The SMILES string of the molecule is COc1cc2c(OC)cccc2cc1-c1cc(Cl)c2oc3ccccc3c2c1F. The molecule has 0 radical (unpaired) electrons. The Morgan fingerprint density at radius 2 is 1.62 bits per heavy atom. The zero-order chi connectivity index (χ0) is 20.1. The normalized spacial score (nSPS) is 11.4. The molecule has 0 N–H and O–H groups in total. The Bertz CT molecular complexity index is 1400. The number of halogens is 2. The van der Waals surface area contributed by atoms with Crippen LogP contribution in [0.1, 0.15) is 0 Å². The van der Waals surface area contributed by atoms with Crippen LogP contribution in [0.4, 0.5) is 4.39 Å². The van der Waals surface area contributed by atoms with E-state index in [9.17, 15) is 0 Å². The summed E-state index contributed by atoms with van der Waals surface area (Å²) in [5.41, 5.74) is 1.90. The van der Waals surface area contributed by atoms with E-state index >= 15 is 4.39 Å². The number of furan rings is 1. The van der Waals surface area contributed by atoms with E-state index in [1.165, 1.54) is 0 Å². The molecule has 0 aliphatic heterocycles. The van der Waals surface area contributed by atoms with Gasteiger partial charge >= 0.3 is 0 Å². The van der Waals surface area contributed by atoms with Gasteiger partial charge in [0.05, 0.1) is 24.6 Å². The molecule has 0 saturated heterocycles. The van der Waals surface area contributed by atoms with E-state index in [0.717, 1.165) is 16.5 Å². The van der Waals surface area contributed by atoms with Crippen LogP contribution in [-0.4, -0.2) is 14.2 Å². The number of hydrogen-bond donors (Lipinski definition) is 0. The van der Waals surface area contributed by atoms with Crippen LogP contribution < -0.4 is 9.47 Å². The maximum Gasteiger partial charge on any atom is 0.156 e. The lowest BCUT2D eigenvalue weighted by Gasteiger charge is -2.14. The minimum atomic E-state index is -0.394. The van der Waals surface area contributed by atoms with Crippen LogP contribution in [0.5, 0.6) is 11.5 Å². The number of hydrogen-bond acceptors (Lipinski definition) is 3. The molecule has 0 atom stereocenters. The summed E-state index contributed by atoms with van der Waals surface area (Å²) in [6.07, 6.45) is 0. The van der Waals surface area contributed by atoms with Crippen LogP contribution in [0.25, 0.3) is 43.8 Å². The fourth-order valence-electron chi connectivity index (χ4n) is 3.85. The fourth-order valence-corrected chi connectivity index (χ4v) is 4.09. The molecule has 0 bridgehead atoms. The fraction of sp³-hybridized carbons (Fsp3) is 0.0833. The molecular weight excluding hydrogens is 391 g/mol. The van der Waals surface area contributed by atoms with Gasteiger partial charge in [-0.25, -0.2) is 4.39 Å². The second kappa shape index (κ2) is 6.68. The predicted octanol–water partition coefficient (Wildman–Crippen LogP) is 7.22. The first kappa shape index (κ1) is 17.8. The third kappa shape index (κ3) is 2.64. The molecule has 3 nitrogen and oxygen atoms in total. The molecule has 0 aliphatic carbocycles. The Morgan fingerprint density at radius 3 is 2.41 bits per heavy atom. The largest absolute Gasteiger partial charge is 0.496 e. The van der Waals surface area contributed by atoms with Gasteiger partial charge in [-0.3, -0.25) is 0 Å². The van der Waals surface area contributed by atoms with Gasteiger partial charge in [-0.15, -0.1) is 0 Å². The molecular formula is C24H16ClFO3. The van der Waals surface area contributed by atoms with E-state index in [4.69, 9.17) is 25.5 Å². The lowest BCUT2D eigenvalue weighted by atomic mass is 9.97. The molecule has 5 heteroatoms. The van der Waals surface area contributed by atoms with Crippen LogP contribution in [0, 0.1) is 5.82 Å². The standard InChI is InChI=1S/C24H16ClFO3/c1-27-19-9-5-6-13-10-16(21(28-2)12-15(13)19)17-11-18(25)24-22(23(17)26)14-7-3-4-8-20(14)29-24/h3-12H,1-2H3. The Morgan fingerprint density at radius 1 is 0.828 bits per heavy atom. The van der Waals surface area contributed by atoms with Crippen molar-refractivity contribution >= 4 is 44.3 Å². The smallest absolute Gasteiger partial charge is 0.156 e. The van der Waals surface area contributed by atoms with Crippen molar-refractivity contribution in [2.75, 3.05) is 14.2 Å². The lowest BCUT2D eigenvalue weighted by Crippen LogP contribution is -1.93. The summed E-state index contributed by atoms with van der Waals surface area (Å²) in [6.45, 7) is 0. The number of para-hydroxylation sites is 1. The van der Waals surface area contributed by atoms with Crippen LogP contribution in [-0.2, 0) is 0 Å².